The molecule has 0 unspecified atom stereocenters. The highest BCUT2D eigenvalue weighted by atomic mass is 16.6. The predicted octanol–water partition coefficient (Wildman–Crippen LogP) is 0.227. The molecular formula is C12H18N4O4. The molecule has 1 aromatic heterocycles. The van der Waals surface area contributed by atoms with Crippen LogP contribution in [0.3, 0.4) is 0 Å². The van der Waals surface area contributed by atoms with E-state index in [1.165, 1.54) is 6.07 Å². The molecule has 1 aromatic rings. The molecular weight excluding hydrogens is 264 g/mol. The Hall–Kier alpha value is -1.93. The summed E-state index contributed by atoms with van der Waals surface area (Å²) in [6, 6.07) is 3.28. The van der Waals surface area contributed by atoms with Crippen LogP contribution in [0.2, 0.25) is 0 Å². The van der Waals surface area contributed by atoms with Crippen molar-refractivity contribution in [1.29, 1.82) is 0 Å². The maximum atomic E-state index is 10.8. The molecule has 110 valence electrons. The molecule has 0 radical (unpaired) electrons. The van der Waals surface area contributed by atoms with Crippen molar-refractivity contribution < 1.29 is 14.1 Å². The fourth-order valence-electron chi connectivity index (χ4n) is 2.32. The summed E-state index contributed by atoms with van der Waals surface area (Å²) >= 11 is 0. The monoisotopic (exact) mass is 282 g/mol. The smallest absolute Gasteiger partial charge is 0.404 e. The summed E-state index contributed by atoms with van der Waals surface area (Å²) in [5.74, 6) is 0.00801. The third-order valence-corrected chi connectivity index (χ3v) is 3.36. The van der Waals surface area contributed by atoms with Crippen LogP contribution in [0.4, 0.5) is 5.88 Å². The van der Waals surface area contributed by atoms with Crippen molar-refractivity contribution in [3.8, 4) is 0 Å². The summed E-state index contributed by atoms with van der Waals surface area (Å²) in [6.45, 7) is 2.41. The SMILES string of the molecule is NC(=O)CN1CCC(NCc2ccc([N+](=O)[O-])o2)CC1. The molecule has 0 saturated carbocycles. The minimum Gasteiger partial charge on any atom is -0.404 e. The van der Waals surface area contributed by atoms with E-state index in [2.05, 4.69) is 5.32 Å². The molecule has 1 fully saturated rings. The first kappa shape index (κ1) is 14.5. The van der Waals surface area contributed by atoms with E-state index in [1.807, 2.05) is 4.90 Å². The number of likely N-dealkylation sites (tertiary alicyclic amines) is 1. The van der Waals surface area contributed by atoms with Crippen LogP contribution in [0.1, 0.15) is 18.6 Å². The van der Waals surface area contributed by atoms with Crippen molar-refractivity contribution in [2.75, 3.05) is 19.6 Å². The summed E-state index contributed by atoms with van der Waals surface area (Å²) in [5, 5.41) is 13.8. The van der Waals surface area contributed by atoms with Crippen LogP contribution < -0.4 is 11.1 Å². The van der Waals surface area contributed by atoms with Gasteiger partial charge in [0.15, 0.2) is 0 Å². The van der Waals surface area contributed by atoms with Crippen molar-refractivity contribution in [3.63, 3.8) is 0 Å². The van der Waals surface area contributed by atoms with Crippen molar-refractivity contribution in [2.45, 2.75) is 25.4 Å². The van der Waals surface area contributed by atoms with Gasteiger partial charge in [-0.25, -0.2) is 0 Å². The first-order chi connectivity index (χ1) is 9.54. The highest BCUT2D eigenvalue weighted by Crippen LogP contribution is 2.16. The number of furan rings is 1. The number of piperidine rings is 1. The zero-order chi connectivity index (χ0) is 14.5. The molecule has 0 atom stereocenters. The lowest BCUT2D eigenvalue weighted by Gasteiger charge is -2.31. The molecule has 0 aliphatic carbocycles. The Bertz CT molecular complexity index is 480. The number of nitrogens with two attached hydrogens (primary N) is 1. The normalized spacial score (nSPS) is 17.2. The zero-order valence-electron chi connectivity index (χ0n) is 11.1. The highest BCUT2D eigenvalue weighted by Gasteiger charge is 2.20. The summed E-state index contributed by atoms with van der Waals surface area (Å²) in [7, 11) is 0. The van der Waals surface area contributed by atoms with E-state index in [4.69, 9.17) is 10.2 Å². The fourth-order valence-corrected chi connectivity index (χ4v) is 2.32. The van der Waals surface area contributed by atoms with Gasteiger partial charge in [-0.15, -0.1) is 0 Å². The van der Waals surface area contributed by atoms with Crippen LogP contribution in [0.25, 0.3) is 0 Å². The molecule has 1 amide bonds. The van der Waals surface area contributed by atoms with E-state index >= 15 is 0 Å². The molecule has 3 N–H and O–H groups in total. The molecule has 0 bridgehead atoms. The number of nitrogens with zero attached hydrogens (tertiary/aromatic N) is 2. The van der Waals surface area contributed by atoms with Gasteiger partial charge in [0, 0.05) is 19.1 Å². The number of carbonyl (C=O) groups is 1. The summed E-state index contributed by atoms with van der Waals surface area (Å²) in [4.78, 5) is 22.8. The molecule has 0 aromatic carbocycles. The van der Waals surface area contributed by atoms with Crippen molar-refractivity contribution in [3.05, 3.63) is 28.0 Å². The lowest BCUT2D eigenvalue weighted by atomic mass is 10.1. The number of hydrogen-bond donors (Lipinski definition) is 2. The van der Waals surface area contributed by atoms with Crippen LogP contribution >= 0.6 is 0 Å². The average Bonchev–Trinajstić information content (AvgIpc) is 2.86. The van der Waals surface area contributed by atoms with Crippen molar-refractivity contribution >= 4 is 11.8 Å². The summed E-state index contributed by atoms with van der Waals surface area (Å²) in [6.07, 6.45) is 1.83. The van der Waals surface area contributed by atoms with Gasteiger partial charge in [-0.3, -0.25) is 19.8 Å². The minimum atomic E-state index is -0.550. The number of carbonyl (C=O) groups excluding carboxylic acids is 1. The van der Waals surface area contributed by atoms with Gasteiger partial charge in [0.05, 0.1) is 19.2 Å². The largest absolute Gasteiger partial charge is 0.433 e. The number of hydrogen-bond acceptors (Lipinski definition) is 6. The molecule has 1 saturated heterocycles. The standard InChI is InChI=1S/C12H18N4O4/c13-11(17)8-15-5-3-9(4-6-15)14-7-10-1-2-12(20-10)16(18)19/h1-2,9,14H,3-8H2,(H2,13,17). The summed E-state index contributed by atoms with van der Waals surface area (Å²) < 4.78 is 5.08. The Kier molecular flexibility index (Phi) is 4.70. The fraction of sp³-hybridized carbons (Fsp3) is 0.583. The average molecular weight is 282 g/mol. The molecule has 0 spiro atoms. The van der Waals surface area contributed by atoms with Gasteiger partial charge in [-0.05, 0) is 18.9 Å². The maximum Gasteiger partial charge on any atom is 0.433 e. The lowest BCUT2D eigenvalue weighted by molar-refractivity contribution is -0.402. The van der Waals surface area contributed by atoms with Crippen LogP contribution in [0.5, 0.6) is 0 Å². The molecule has 2 rings (SSSR count). The second kappa shape index (κ2) is 6.49. The Labute approximate surface area is 116 Å². The van der Waals surface area contributed by atoms with Crippen molar-refractivity contribution in [2.24, 2.45) is 5.73 Å². The van der Waals surface area contributed by atoms with Crippen LogP contribution in [-0.4, -0.2) is 41.4 Å². The van der Waals surface area contributed by atoms with Gasteiger partial charge in [-0.1, -0.05) is 0 Å². The highest BCUT2D eigenvalue weighted by molar-refractivity contribution is 5.75. The van der Waals surface area contributed by atoms with Gasteiger partial charge in [-0.2, -0.15) is 0 Å². The first-order valence-corrected chi connectivity index (χ1v) is 6.52. The molecule has 1 aliphatic heterocycles. The Balaban J connectivity index is 1.73. The van der Waals surface area contributed by atoms with Gasteiger partial charge in [0.25, 0.3) is 0 Å². The van der Waals surface area contributed by atoms with E-state index < -0.39 is 4.92 Å². The molecule has 20 heavy (non-hydrogen) atoms. The number of nitrogens with one attached hydrogen (secondary N) is 1. The van der Waals surface area contributed by atoms with E-state index in [0.717, 1.165) is 25.9 Å². The third kappa shape index (κ3) is 4.04. The number of primary amides is 1. The van der Waals surface area contributed by atoms with Gasteiger partial charge < -0.3 is 15.5 Å². The zero-order valence-corrected chi connectivity index (χ0v) is 11.1. The molecule has 8 nitrogen and oxygen atoms in total. The Morgan fingerprint density at radius 3 is 2.75 bits per heavy atom. The van der Waals surface area contributed by atoms with Gasteiger partial charge in [0.1, 0.15) is 10.7 Å². The molecule has 2 heterocycles. The van der Waals surface area contributed by atoms with Gasteiger partial charge >= 0.3 is 5.88 Å². The Morgan fingerprint density at radius 2 is 2.20 bits per heavy atom. The predicted molar refractivity (Wildman–Crippen MR) is 70.9 cm³/mol. The van der Waals surface area contributed by atoms with Crippen LogP contribution in [0.15, 0.2) is 16.5 Å². The number of amides is 1. The first-order valence-electron chi connectivity index (χ1n) is 6.52. The van der Waals surface area contributed by atoms with E-state index in [9.17, 15) is 14.9 Å². The second-order valence-corrected chi connectivity index (χ2v) is 4.89. The number of nitro groups is 1. The third-order valence-electron chi connectivity index (χ3n) is 3.36. The van der Waals surface area contributed by atoms with E-state index in [0.29, 0.717) is 24.9 Å². The van der Waals surface area contributed by atoms with E-state index in [-0.39, 0.29) is 11.8 Å². The second-order valence-electron chi connectivity index (χ2n) is 4.89. The van der Waals surface area contributed by atoms with Crippen LogP contribution in [0, 0.1) is 10.1 Å². The lowest BCUT2D eigenvalue weighted by Crippen LogP contribution is -2.45. The minimum absolute atomic E-state index is 0.238. The molecule has 8 heteroatoms. The molecule has 1 aliphatic rings. The maximum absolute atomic E-state index is 10.8. The van der Waals surface area contributed by atoms with Crippen LogP contribution in [-0.2, 0) is 11.3 Å². The van der Waals surface area contributed by atoms with E-state index in [1.54, 1.807) is 6.07 Å². The quantitative estimate of drug-likeness (QED) is 0.570. The number of rotatable bonds is 6. The Morgan fingerprint density at radius 1 is 1.50 bits per heavy atom. The summed E-state index contributed by atoms with van der Waals surface area (Å²) in [5.41, 5.74) is 5.16. The van der Waals surface area contributed by atoms with Crippen molar-refractivity contribution in [1.82, 2.24) is 10.2 Å². The van der Waals surface area contributed by atoms with Gasteiger partial charge in [0.2, 0.25) is 5.91 Å². The topological polar surface area (TPSA) is 115 Å².